The van der Waals surface area contributed by atoms with Gasteiger partial charge < -0.3 is 12.3 Å². The van der Waals surface area contributed by atoms with Crippen LogP contribution in [0.5, 0.6) is 0 Å². The van der Waals surface area contributed by atoms with Crippen molar-refractivity contribution in [2.45, 2.75) is 20.8 Å². The minimum absolute atomic E-state index is 0.131. The summed E-state index contributed by atoms with van der Waals surface area (Å²) in [6.07, 6.45) is 0. The van der Waals surface area contributed by atoms with Gasteiger partial charge in [0.25, 0.3) is 0 Å². The van der Waals surface area contributed by atoms with E-state index in [9.17, 15) is 0 Å². The third-order valence-electron chi connectivity index (χ3n) is 2.63. The number of rotatable bonds is 1. The van der Waals surface area contributed by atoms with E-state index in [4.69, 9.17) is 12.3 Å². The Morgan fingerprint density at radius 2 is 1.67 bits per heavy atom. The molecule has 1 aromatic carbocycles. The van der Waals surface area contributed by atoms with E-state index in [1.165, 1.54) is 21.9 Å². The van der Waals surface area contributed by atoms with Crippen molar-refractivity contribution in [2.75, 3.05) is 0 Å². The molecular weight excluding hydrogens is 240 g/mol. The minimum atomic E-state index is -1.29. The maximum atomic E-state index is 5.53. The van der Waals surface area contributed by atoms with Crippen LogP contribution in [-0.2, 0) is 12.3 Å². The number of aryl methyl sites for hydroxylation is 1. The summed E-state index contributed by atoms with van der Waals surface area (Å²) in [6, 6.07) is 4.25. The fourth-order valence-electron chi connectivity index (χ4n) is 1.44. The van der Waals surface area contributed by atoms with Crippen LogP contribution in [-0.4, -0.2) is 29.3 Å². The lowest BCUT2D eigenvalue weighted by molar-refractivity contribution is 0.333. The third-order valence-corrected chi connectivity index (χ3v) is 6.43. The molecule has 0 aliphatic carbocycles. The van der Waals surface area contributed by atoms with Gasteiger partial charge >= 0.3 is 29.3 Å². The zero-order valence-corrected chi connectivity index (χ0v) is 11.9. The Bertz CT molecular complexity index is 364. The predicted octanol–water partition coefficient (Wildman–Crippen LogP) is 0.439. The molecule has 3 nitrogen and oxygen atoms in total. The van der Waals surface area contributed by atoms with Gasteiger partial charge in [-0.2, -0.15) is 0 Å². The van der Waals surface area contributed by atoms with E-state index in [2.05, 4.69) is 32.9 Å². The van der Waals surface area contributed by atoms with Gasteiger partial charge in [-0.1, -0.05) is 12.1 Å². The molecule has 0 bridgehead atoms. The molecule has 2 rings (SSSR count). The SMILES string of the molecule is Cc1ccc([Si]2O[Si]O[Si]O2)c(C)c1C. The van der Waals surface area contributed by atoms with Gasteiger partial charge in [0, 0.05) is 0 Å². The van der Waals surface area contributed by atoms with Crippen molar-refractivity contribution < 1.29 is 12.3 Å². The van der Waals surface area contributed by atoms with Crippen molar-refractivity contribution in [3.8, 4) is 0 Å². The van der Waals surface area contributed by atoms with Crippen molar-refractivity contribution in [1.29, 1.82) is 0 Å². The molecule has 0 atom stereocenters. The summed E-state index contributed by atoms with van der Waals surface area (Å²) < 4.78 is 16.1. The van der Waals surface area contributed by atoms with Crippen LogP contribution in [0.3, 0.4) is 0 Å². The zero-order valence-electron chi connectivity index (χ0n) is 8.88. The van der Waals surface area contributed by atoms with E-state index >= 15 is 0 Å². The molecule has 0 amide bonds. The molecule has 1 aliphatic rings. The second-order valence-electron chi connectivity index (χ2n) is 3.44. The average Bonchev–Trinajstić information content (AvgIpc) is 2.27. The Morgan fingerprint density at radius 3 is 2.33 bits per heavy atom. The van der Waals surface area contributed by atoms with Gasteiger partial charge in [-0.05, 0) is 42.6 Å². The normalized spacial score (nSPS) is 18.1. The summed E-state index contributed by atoms with van der Waals surface area (Å²) >= 11 is 0. The molecule has 1 aromatic rings. The lowest BCUT2D eigenvalue weighted by atomic mass is 10.1. The standard InChI is InChI=1S/C9H11O3Si3/c1-6-4-5-9(8(3)7(6)2)15-11-13-10-14-12-15/h4-5H,1-3H3. The van der Waals surface area contributed by atoms with Crippen LogP contribution in [0.4, 0.5) is 0 Å². The molecule has 15 heavy (non-hydrogen) atoms. The third kappa shape index (κ3) is 2.30. The molecule has 1 fully saturated rings. The van der Waals surface area contributed by atoms with Crippen LogP contribution >= 0.6 is 0 Å². The summed E-state index contributed by atoms with van der Waals surface area (Å²) in [5.41, 5.74) is 3.94. The molecule has 6 heteroatoms. The Morgan fingerprint density at radius 1 is 1.00 bits per heavy atom. The maximum absolute atomic E-state index is 5.53. The summed E-state index contributed by atoms with van der Waals surface area (Å²) in [7, 11) is -1.03. The first kappa shape index (κ1) is 11.2. The van der Waals surface area contributed by atoms with Gasteiger partial charge in [0.1, 0.15) is 0 Å². The summed E-state index contributed by atoms with van der Waals surface area (Å²) in [5.74, 6) is 0. The van der Waals surface area contributed by atoms with Crippen molar-refractivity contribution in [3.05, 3.63) is 28.8 Å². The lowest BCUT2D eigenvalue weighted by Crippen LogP contribution is -2.45. The minimum Gasteiger partial charge on any atom is -0.412 e. The van der Waals surface area contributed by atoms with Crippen molar-refractivity contribution in [2.24, 2.45) is 0 Å². The predicted molar refractivity (Wildman–Crippen MR) is 60.8 cm³/mol. The van der Waals surface area contributed by atoms with Crippen LogP contribution in [0.1, 0.15) is 16.7 Å². The van der Waals surface area contributed by atoms with Gasteiger partial charge in [0.05, 0.1) is 0 Å². The average molecular weight is 251 g/mol. The van der Waals surface area contributed by atoms with Gasteiger partial charge in [-0.3, -0.25) is 0 Å². The van der Waals surface area contributed by atoms with Gasteiger partial charge in [0.2, 0.25) is 0 Å². The number of benzene rings is 1. The highest BCUT2D eigenvalue weighted by molar-refractivity contribution is 6.71. The molecule has 0 unspecified atom stereocenters. The van der Waals surface area contributed by atoms with Crippen LogP contribution < -0.4 is 5.19 Å². The highest BCUT2D eigenvalue weighted by Gasteiger charge is 2.27. The molecule has 0 aromatic heterocycles. The topological polar surface area (TPSA) is 27.7 Å². The zero-order chi connectivity index (χ0) is 10.8. The van der Waals surface area contributed by atoms with Gasteiger partial charge in [0.15, 0.2) is 0 Å². The second kappa shape index (κ2) is 4.73. The first-order valence-corrected chi connectivity index (χ1v) is 7.58. The summed E-state index contributed by atoms with van der Waals surface area (Å²) in [5, 5.41) is 1.21. The first-order valence-electron chi connectivity index (χ1n) is 4.64. The van der Waals surface area contributed by atoms with Crippen molar-refractivity contribution >= 4 is 34.5 Å². The van der Waals surface area contributed by atoms with Gasteiger partial charge in [-0.15, -0.1) is 0 Å². The molecule has 0 saturated carbocycles. The highest BCUT2D eigenvalue weighted by Crippen LogP contribution is 2.11. The van der Waals surface area contributed by atoms with E-state index in [0.717, 1.165) is 0 Å². The maximum Gasteiger partial charge on any atom is 0.413 e. The quantitative estimate of drug-likeness (QED) is 0.678. The van der Waals surface area contributed by atoms with E-state index in [0.29, 0.717) is 0 Å². The van der Waals surface area contributed by atoms with Crippen LogP contribution in [0.2, 0.25) is 0 Å². The number of hydrogen-bond donors (Lipinski definition) is 0. The van der Waals surface area contributed by atoms with Crippen LogP contribution in [0, 0.1) is 20.8 Å². The van der Waals surface area contributed by atoms with Crippen molar-refractivity contribution in [1.82, 2.24) is 0 Å². The summed E-state index contributed by atoms with van der Waals surface area (Å²) in [6.45, 7) is 6.39. The Balaban J connectivity index is 2.31. The molecule has 1 heterocycles. The van der Waals surface area contributed by atoms with E-state index in [-0.39, 0.29) is 20.0 Å². The van der Waals surface area contributed by atoms with Crippen molar-refractivity contribution in [3.63, 3.8) is 0 Å². The van der Waals surface area contributed by atoms with Gasteiger partial charge in [-0.25, -0.2) is 0 Å². The second-order valence-corrected chi connectivity index (χ2v) is 7.34. The van der Waals surface area contributed by atoms with Crippen LogP contribution in [0.25, 0.3) is 0 Å². The molecule has 0 spiro atoms. The molecule has 5 radical (unpaired) electrons. The monoisotopic (exact) mass is 251 g/mol. The molecule has 77 valence electrons. The first-order chi connectivity index (χ1) is 7.20. The molecular formula is C9H11O3Si3. The van der Waals surface area contributed by atoms with Crippen LogP contribution in [0.15, 0.2) is 12.1 Å². The van der Waals surface area contributed by atoms with E-state index < -0.39 is 9.28 Å². The smallest absolute Gasteiger partial charge is 0.412 e. The molecule has 1 aliphatic heterocycles. The Hall–Kier alpha value is -0.249. The lowest BCUT2D eigenvalue weighted by Gasteiger charge is -2.21. The fraction of sp³-hybridized carbons (Fsp3) is 0.333. The highest BCUT2D eigenvalue weighted by atomic mass is 28.4. The largest absolute Gasteiger partial charge is 0.413 e. The van der Waals surface area contributed by atoms with E-state index in [1.807, 2.05) is 0 Å². The molecule has 0 N–H and O–H groups in total. The molecule has 1 saturated heterocycles. The Kier molecular flexibility index (Phi) is 3.54. The Labute approximate surface area is 96.7 Å². The fourth-order valence-corrected chi connectivity index (χ4v) is 5.40. The van der Waals surface area contributed by atoms with E-state index in [1.54, 1.807) is 0 Å². The summed E-state index contributed by atoms with van der Waals surface area (Å²) in [4.78, 5) is 0. The number of hydrogen-bond acceptors (Lipinski definition) is 3.